The first-order valence-electron chi connectivity index (χ1n) is 10.4. The molecule has 0 saturated heterocycles. The molecule has 0 amide bonds. The highest BCUT2D eigenvalue weighted by Gasteiger charge is 2.32. The number of aliphatic hydroxyl groups excluding tert-OH is 1. The van der Waals surface area contributed by atoms with Crippen LogP contribution in [0.2, 0.25) is 0 Å². The SMILES string of the molecule is C=CNC1=NC=C(C2CCC(C)CC2OCCc2c(CO)nn(C)c2C)C#CC1. The van der Waals surface area contributed by atoms with Crippen molar-refractivity contribution in [3.8, 4) is 11.8 Å². The largest absolute Gasteiger partial charge is 0.390 e. The monoisotopic (exact) mass is 396 g/mol. The lowest BCUT2D eigenvalue weighted by atomic mass is 9.77. The fourth-order valence-electron chi connectivity index (χ4n) is 4.20. The van der Waals surface area contributed by atoms with E-state index in [1.807, 2.05) is 24.9 Å². The molecule has 0 aromatic carbocycles. The summed E-state index contributed by atoms with van der Waals surface area (Å²) in [6, 6.07) is 0. The number of rotatable bonds is 7. The molecule has 6 heteroatoms. The summed E-state index contributed by atoms with van der Waals surface area (Å²) in [5.74, 6) is 8.28. The smallest absolute Gasteiger partial charge is 0.117 e. The highest BCUT2D eigenvalue weighted by atomic mass is 16.5. The molecule has 1 aromatic rings. The number of aryl methyl sites for hydroxylation is 1. The van der Waals surface area contributed by atoms with Gasteiger partial charge in [0.1, 0.15) is 5.84 Å². The fourth-order valence-corrected chi connectivity index (χ4v) is 4.20. The number of aromatic nitrogens is 2. The van der Waals surface area contributed by atoms with E-state index in [1.54, 1.807) is 6.20 Å². The number of aliphatic hydroxyl groups is 1. The molecule has 3 atom stereocenters. The lowest BCUT2D eigenvalue weighted by Crippen LogP contribution is -2.32. The maximum absolute atomic E-state index is 9.57. The van der Waals surface area contributed by atoms with Gasteiger partial charge in [0.15, 0.2) is 0 Å². The van der Waals surface area contributed by atoms with Crippen LogP contribution in [0.5, 0.6) is 0 Å². The Morgan fingerprint density at radius 2 is 2.28 bits per heavy atom. The van der Waals surface area contributed by atoms with Crippen molar-refractivity contribution in [1.82, 2.24) is 15.1 Å². The molecule has 0 bridgehead atoms. The van der Waals surface area contributed by atoms with Crippen LogP contribution in [0.25, 0.3) is 0 Å². The molecule has 1 saturated carbocycles. The van der Waals surface area contributed by atoms with E-state index in [0.29, 0.717) is 18.9 Å². The van der Waals surface area contributed by atoms with Crippen molar-refractivity contribution >= 4 is 5.84 Å². The molecule has 1 aliphatic heterocycles. The van der Waals surface area contributed by atoms with Crippen LogP contribution in [0.3, 0.4) is 0 Å². The maximum Gasteiger partial charge on any atom is 0.117 e. The molecular weight excluding hydrogens is 364 g/mol. The first-order valence-corrected chi connectivity index (χ1v) is 10.4. The van der Waals surface area contributed by atoms with Gasteiger partial charge in [-0.25, -0.2) is 4.99 Å². The Kier molecular flexibility index (Phi) is 7.29. The van der Waals surface area contributed by atoms with Gasteiger partial charge in [-0.2, -0.15) is 5.10 Å². The molecular formula is C23H32N4O2. The minimum absolute atomic E-state index is 0.0400. The van der Waals surface area contributed by atoms with Gasteiger partial charge in [-0.1, -0.05) is 25.3 Å². The van der Waals surface area contributed by atoms with Crippen molar-refractivity contribution in [3.05, 3.63) is 41.5 Å². The normalized spacial score (nSPS) is 24.1. The molecule has 156 valence electrons. The zero-order valence-corrected chi connectivity index (χ0v) is 17.7. The first-order chi connectivity index (χ1) is 14.0. The molecule has 29 heavy (non-hydrogen) atoms. The van der Waals surface area contributed by atoms with E-state index in [9.17, 15) is 5.11 Å². The quantitative estimate of drug-likeness (QED) is 0.695. The molecule has 3 unspecified atom stereocenters. The summed E-state index contributed by atoms with van der Waals surface area (Å²) in [4.78, 5) is 4.54. The molecule has 0 spiro atoms. The van der Waals surface area contributed by atoms with Crippen LogP contribution in [0.15, 0.2) is 29.5 Å². The predicted octanol–water partition coefficient (Wildman–Crippen LogP) is 3.01. The van der Waals surface area contributed by atoms with E-state index in [0.717, 1.165) is 47.6 Å². The van der Waals surface area contributed by atoms with Gasteiger partial charge < -0.3 is 15.2 Å². The number of amidine groups is 1. The molecule has 2 N–H and O–H groups in total. The van der Waals surface area contributed by atoms with Gasteiger partial charge in [-0.15, -0.1) is 0 Å². The molecule has 2 heterocycles. The summed E-state index contributed by atoms with van der Waals surface area (Å²) in [5.41, 5.74) is 3.99. The van der Waals surface area contributed by atoms with Crippen LogP contribution < -0.4 is 5.32 Å². The van der Waals surface area contributed by atoms with Crippen molar-refractivity contribution < 1.29 is 9.84 Å². The van der Waals surface area contributed by atoms with Crippen LogP contribution in [-0.2, 0) is 24.8 Å². The van der Waals surface area contributed by atoms with Gasteiger partial charge in [0, 0.05) is 36.0 Å². The minimum Gasteiger partial charge on any atom is -0.390 e. The maximum atomic E-state index is 9.57. The van der Waals surface area contributed by atoms with Crippen molar-refractivity contribution in [2.45, 2.75) is 58.7 Å². The number of nitrogens with one attached hydrogen (secondary N) is 1. The van der Waals surface area contributed by atoms with Crippen LogP contribution in [-0.4, -0.2) is 33.4 Å². The zero-order chi connectivity index (χ0) is 20.8. The Morgan fingerprint density at radius 3 is 3.03 bits per heavy atom. The molecule has 0 radical (unpaired) electrons. The summed E-state index contributed by atoms with van der Waals surface area (Å²) in [6.07, 6.45) is 8.31. The van der Waals surface area contributed by atoms with Crippen molar-refractivity contribution in [2.75, 3.05) is 6.61 Å². The standard InChI is InChI=1S/C23H32N4O2/c1-5-24-23-8-6-7-18(14-25-23)20-10-9-16(2)13-22(20)29-12-11-19-17(3)27(4)26-21(19)15-28/h5,14,16,20,22,28H,1,8-13,15H2,2-4H3,(H,24,25). The van der Waals surface area contributed by atoms with Gasteiger partial charge in [0.05, 0.1) is 31.4 Å². The third-order valence-electron chi connectivity index (χ3n) is 5.95. The second kappa shape index (κ2) is 9.91. The Bertz CT molecular complexity index is 856. The summed E-state index contributed by atoms with van der Waals surface area (Å²) >= 11 is 0. The lowest BCUT2D eigenvalue weighted by molar-refractivity contribution is -0.00995. The Balaban J connectivity index is 1.69. The number of hydrogen-bond donors (Lipinski definition) is 2. The summed E-state index contributed by atoms with van der Waals surface area (Å²) in [5, 5.41) is 17.0. The summed E-state index contributed by atoms with van der Waals surface area (Å²) in [7, 11) is 1.91. The molecule has 1 aromatic heterocycles. The van der Waals surface area contributed by atoms with Crippen LogP contribution in [0.1, 0.15) is 49.6 Å². The second-order valence-corrected chi connectivity index (χ2v) is 7.96. The summed E-state index contributed by atoms with van der Waals surface area (Å²) in [6.45, 7) is 8.59. The Labute approximate surface area is 173 Å². The average Bonchev–Trinajstić information content (AvgIpc) is 2.86. The molecule has 6 nitrogen and oxygen atoms in total. The molecule has 2 aliphatic rings. The number of ether oxygens (including phenoxy) is 1. The predicted molar refractivity (Wildman–Crippen MR) is 115 cm³/mol. The Hall–Kier alpha value is -2.36. The highest BCUT2D eigenvalue weighted by molar-refractivity contribution is 5.86. The third kappa shape index (κ3) is 5.17. The van der Waals surface area contributed by atoms with Gasteiger partial charge in [0.25, 0.3) is 0 Å². The van der Waals surface area contributed by atoms with Crippen molar-refractivity contribution in [3.63, 3.8) is 0 Å². The van der Waals surface area contributed by atoms with Crippen LogP contribution in [0.4, 0.5) is 0 Å². The van der Waals surface area contributed by atoms with E-state index in [1.165, 1.54) is 6.42 Å². The van der Waals surface area contributed by atoms with E-state index in [2.05, 4.69) is 40.8 Å². The molecule has 3 rings (SSSR count). The van der Waals surface area contributed by atoms with Crippen molar-refractivity contribution in [2.24, 2.45) is 23.9 Å². The molecule has 1 aliphatic carbocycles. The van der Waals surface area contributed by atoms with Crippen molar-refractivity contribution in [1.29, 1.82) is 0 Å². The van der Waals surface area contributed by atoms with E-state index < -0.39 is 0 Å². The summed E-state index contributed by atoms with van der Waals surface area (Å²) < 4.78 is 8.22. The highest BCUT2D eigenvalue weighted by Crippen LogP contribution is 2.35. The average molecular weight is 397 g/mol. The number of aliphatic imine (C=N–C) groups is 1. The van der Waals surface area contributed by atoms with E-state index in [4.69, 9.17) is 4.74 Å². The van der Waals surface area contributed by atoms with E-state index >= 15 is 0 Å². The van der Waals surface area contributed by atoms with Gasteiger partial charge in [0.2, 0.25) is 0 Å². The van der Waals surface area contributed by atoms with Crippen LogP contribution in [0, 0.1) is 30.6 Å². The van der Waals surface area contributed by atoms with E-state index in [-0.39, 0.29) is 18.6 Å². The molecule has 1 fully saturated rings. The minimum atomic E-state index is -0.0400. The van der Waals surface area contributed by atoms with Gasteiger partial charge >= 0.3 is 0 Å². The lowest BCUT2D eigenvalue weighted by Gasteiger charge is -2.34. The second-order valence-electron chi connectivity index (χ2n) is 7.96. The fraction of sp³-hybridized carbons (Fsp3) is 0.565. The zero-order valence-electron chi connectivity index (χ0n) is 17.7. The van der Waals surface area contributed by atoms with Gasteiger partial charge in [-0.3, -0.25) is 4.68 Å². The number of nitrogens with zero attached hydrogens (tertiary/aromatic N) is 3. The topological polar surface area (TPSA) is 71.7 Å². The van der Waals surface area contributed by atoms with Crippen LogP contribution >= 0.6 is 0 Å². The Morgan fingerprint density at radius 1 is 1.45 bits per heavy atom. The van der Waals surface area contributed by atoms with Gasteiger partial charge in [-0.05, 0) is 44.7 Å². The third-order valence-corrected chi connectivity index (χ3v) is 5.95. The first kappa shape index (κ1) is 21.4. The number of hydrogen-bond acceptors (Lipinski definition) is 5.